The minimum Gasteiger partial charge on any atom is -0.478 e. The number of rotatable bonds is 4. The van der Waals surface area contributed by atoms with Gasteiger partial charge in [0.25, 0.3) is 0 Å². The average Bonchev–Trinajstić information content (AvgIpc) is 3.15. The second-order valence-corrected chi connectivity index (χ2v) is 4.85. The summed E-state index contributed by atoms with van der Waals surface area (Å²) in [7, 11) is 0. The minimum atomic E-state index is -1.10. The fourth-order valence-corrected chi connectivity index (χ4v) is 2.26. The van der Waals surface area contributed by atoms with Crippen molar-refractivity contribution < 1.29 is 19.4 Å². The van der Waals surface area contributed by atoms with E-state index < -0.39 is 12.1 Å². The van der Waals surface area contributed by atoms with Gasteiger partial charge in [0.1, 0.15) is 11.7 Å². The van der Waals surface area contributed by atoms with Gasteiger partial charge in [0.05, 0.1) is 6.26 Å². The van der Waals surface area contributed by atoms with Crippen LogP contribution in [0.2, 0.25) is 0 Å². The van der Waals surface area contributed by atoms with Crippen molar-refractivity contribution in [3.63, 3.8) is 0 Å². The molecule has 1 aromatic carbocycles. The van der Waals surface area contributed by atoms with E-state index in [9.17, 15) is 9.90 Å². The van der Waals surface area contributed by atoms with E-state index in [1.807, 2.05) is 18.2 Å². The predicted molar refractivity (Wildman–Crippen MR) is 68.1 cm³/mol. The molecule has 4 heteroatoms. The van der Waals surface area contributed by atoms with Crippen LogP contribution in [0.4, 0.5) is 0 Å². The molecule has 0 radical (unpaired) electrons. The zero-order valence-electron chi connectivity index (χ0n) is 10.2. The van der Waals surface area contributed by atoms with Crippen molar-refractivity contribution in [1.82, 2.24) is 0 Å². The van der Waals surface area contributed by atoms with Gasteiger partial charge in [-0.1, -0.05) is 24.3 Å². The lowest BCUT2D eigenvalue weighted by atomic mass is 10.0. The first kappa shape index (κ1) is 12.0. The molecule has 1 heterocycles. The van der Waals surface area contributed by atoms with Crippen LogP contribution < -0.4 is 0 Å². The molecule has 2 N–H and O–H groups in total. The van der Waals surface area contributed by atoms with E-state index in [0.29, 0.717) is 11.5 Å². The molecule has 2 aromatic rings. The van der Waals surface area contributed by atoms with Crippen LogP contribution in [0.15, 0.2) is 41.0 Å². The fraction of sp³-hybridized carbons (Fsp3) is 0.267. The van der Waals surface area contributed by atoms with Gasteiger partial charge in [0, 0.05) is 0 Å². The highest BCUT2D eigenvalue weighted by molar-refractivity contribution is 5.88. The van der Waals surface area contributed by atoms with Gasteiger partial charge in [-0.25, -0.2) is 4.79 Å². The standard InChI is InChI=1S/C15H14O4/c16-13(14-12(15(17)18)6-7-19-14)11-3-1-2-10(8-11)9-4-5-9/h1-3,6-9,13,16H,4-5H2,(H,17,18). The van der Waals surface area contributed by atoms with Crippen molar-refractivity contribution in [2.24, 2.45) is 0 Å². The Labute approximate surface area is 110 Å². The van der Waals surface area contributed by atoms with Gasteiger partial charge in [-0.05, 0) is 36.0 Å². The Morgan fingerprint density at radius 1 is 1.32 bits per heavy atom. The number of carbonyl (C=O) groups is 1. The Hall–Kier alpha value is -2.07. The lowest BCUT2D eigenvalue weighted by molar-refractivity contribution is 0.0687. The van der Waals surface area contributed by atoms with Crippen molar-refractivity contribution in [1.29, 1.82) is 0 Å². The van der Waals surface area contributed by atoms with Gasteiger partial charge in [0.2, 0.25) is 0 Å². The van der Waals surface area contributed by atoms with Gasteiger partial charge in [0.15, 0.2) is 5.76 Å². The Balaban J connectivity index is 1.94. The second kappa shape index (κ2) is 4.55. The minimum absolute atomic E-state index is 0.00400. The van der Waals surface area contributed by atoms with Gasteiger partial charge in [-0.3, -0.25) is 0 Å². The largest absolute Gasteiger partial charge is 0.478 e. The zero-order chi connectivity index (χ0) is 13.4. The molecular weight excluding hydrogens is 244 g/mol. The smallest absolute Gasteiger partial charge is 0.339 e. The Morgan fingerprint density at radius 3 is 2.79 bits per heavy atom. The van der Waals surface area contributed by atoms with Crippen molar-refractivity contribution in [2.75, 3.05) is 0 Å². The van der Waals surface area contributed by atoms with Crippen LogP contribution in [0.5, 0.6) is 0 Å². The molecule has 0 amide bonds. The number of carboxylic acids is 1. The maximum atomic E-state index is 11.0. The van der Waals surface area contributed by atoms with E-state index in [0.717, 1.165) is 0 Å². The maximum absolute atomic E-state index is 11.0. The Morgan fingerprint density at radius 2 is 2.11 bits per heavy atom. The SMILES string of the molecule is O=C(O)c1ccoc1C(O)c1cccc(C2CC2)c1. The highest BCUT2D eigenvalue weighted by atomic mass is 16.4. The first-order valence-electron chi connectivity index (χ1n) is 6.25. The molecule has 1 aliphatic carbocycles. The Bertz CT molecular complexity index is 610. The lowest BCUT2D eigenvalue weighted by Crippen LogP contribution is -2.05. The van der Waals surface area contributed by atoms with Gasteiger partial charge in [-0.15, -0.1) is 0 Å². The number of aliphatic hydroxyl groups excluding tert-OH is 1. The number of hydrogen-bond donors (Lipinski definition) is 2. The lowest BCUT2D eigenvalue weighted by Gasteiger charge is -2.11. The molecule has 1 unspecified atom stereocenters. The normalized spacial score (nSPS) is 16.3. The summed E-state index contributed by atoms with van der Waals surface area (Å²) in [4.78, 5) is 11.0. The van der Waals surface area contributed by atoms with Crippen molar-refractivity contribution in [2.45, 2.75) is 24.9 Å². The zero-order valence-corrected chi connectivity index (χ0v) is 10.2. The van der Waals surface area contributed by atoms with Crippen LogP contribution in [0, 0.1) is 0 Å². The molecule has 0 spiro atoms. The summed E-state index contributed by atoms with van der Waals surface area (Å²) in [5.74, 6) is -0.427. The van der Waals surface area contributed by atoms with Crippen LogP contribution in [-0.2, 0) is 0 Å². The summed E-state index contributed by atoms with van der Waals surface area (Å²) >= 11 is 0. The molecule has 19 heavy (non-hydrogen) atoms. The number of benzene rings is 1. The molecule has 1 saturated carbocycles. The third-order valence-corrected chi connectivity index (χ3v) is 3.45. The van der Waals surface area contributed by atoms with E-state index in [4.69, 9.17) is 9.52 Å². The number of carboxylic acid groups (broad SMARTS) is 1. The first-order chi connectivity index (χ1) is 9.16. The molecule has 0 bridgehead atoms. The first-order valence-corrected chi connectivity index (χ1v) is 6.25. The van der Waals surface area contributed by atoms with Crippen molar-refractivity contribution >= 4 is 5.97 Å². The van der Waals surface area contributed by atoms with E-state index in [-0.39, 0.29) is 11.3 Å². The molecule has 0 saturated heterocycles. The molecule has 1 aromatic heterocycles. The third kappa shape index (κ3) is 2.27. The van der Waals surface area contributed by atoms with E-state index >= 15 is 0 Å². The summed E-state index contributed by atoms with van der Waals surface area (Å²) in [6.45, 7) is 0. The molecule has 0 aliphatic heterocycles. The molecule has 1 aliphatic rings. The highest BCUT2D eigenvalue weighted by Crippen LogP contribution is 2.41. The van der Waals surface area contributed by atoms with Gasteiger partial charge < -0.3 is 14.6 Å². The summed E-state index contributed by atoms with van der Waals surface area (Å²) in [6.07, 6.45) is 2.61. The summed E-state index contributed by atoms with van der Waals surface area (Å²) in [5, 5.41) is 19.3. The van der Waals surface area contributed by atoms with E-state index in [1.54, 1.807) is 6.07 Å². The summed E-state index contributed by atoms with van der Waals surface area (Å²) in [5.41, 5.74) is 1.87. The second-order valence-electron chi connectivity index (χ2n) is 4.85. The van der Waals surface area contributed by atoms with Crippen LogP contribution in [0.3, 0.4) is 0 Å². The fourth-order valence-electron chi connectivity index (χ4n) is 2.26. The number of hydrogen-bond acceptors (Lipinski definition) is 3. The maximum Gasteiger partial charge on any atom is 0.339 e. The van der Waals surface area contributed by atoms with Crippen LogP contribution in [0.1, 0.15) is 52.1 Å². The van der Waals surface area contributed by atoms with Crippen LogP contribution in [-0.4, -0.2) is 16.2 Å². The Kier molecular flexibility index (Phi) is 2.87. The third-order valence-electron chi connectivity index (χ3n) is 3.45. The van der Waals surface area contributed by atoms with Crippen LogP contribution >= 0.6 is 0 Å². The van der Waals surface area contributed by atoms with Gasteiger partial charge >= 0.3 is 5.97 Å². The molecule has 1 atom stereocenters. The number of aliphatic hydroxyl groups is 1. The topological polar surface area (TPSA) is 70.7 Å². The molecule has 98 valence electrons. The summed E-state index contributed by atoms with van der Waals surface area (Å²) < 4.78 is 5.13. The molecular formula is C15H14O4. The summed E-state index contributed by atoms with van der Waals surface area (Å²) in [6, 6.07) is 8.98. The molecule has 1 fully saturated rings. The average molecular weight is 258 g/mol. The molecule has 4 nitrogen and oxygen atoms in total. The van der Waals surface area contributed by atoms with Gasteiger partial charge in [-0.2, -0.15) is 0 Å². The number of aromatic carboxylic acids is 1. The van der Waals surface area contributed by atoms with Crippen molar-refractivity contribution in [3.8, 4) is 0 Å². The monoisotopic (exact) mass is 258 g/mol. The predicted octanol–water partition coefficient (Wildman–Crippen LogP) is 2.94. The quantitative estimate of drug-likeness (QED) is 0.884. The highest BCUT2D eigenvalue weighted by Gasteiger charge is 2.26. The van der Waals surface area contributed by atoms with E-state index in [2.05, 4.69) is 0 Å². The van der Waals surface area contributed by atoms with Crippen molar-refractivity contribution in [3.05, 3.63) is 59.0 Å². The van der Waals surface area contributed by atoms with Crippen LogP contribution in [0.25, 0.3) is 0 Å². The molecule has 3 rings (SSSR count). The number of furan rings is 1. The van der Waals surface area contributed by atoms with E-state index in [1.165, 1.54) is 30.7 Å².